The average Bonchev–Trinajstić information content (AvgIpc) is 2.44. The van der Waals surface area contributed by atoms with Gasteiger partial charge in [0.2, 0.25) is 5.91 Å². The highest BCUT2D eigenvalue weighted by Gasteiger charge is 2.20. The van der Waals surface area contributed by atoms with Crippen molar-refractivity contribution >= 4 is 30.7 Å². The number of morpholine rings is 1. The Morgan fingerprint density at radius 3 is 2.43 bits per heavy atom. The molecule has 1 saturated heterocycles. The Bertz CT molecular complexity index is 246. The first-order valence-corrected chi connectivity index (χ1v) is 7.60. The molecule has 0 spiro atoms. The van der Waals surface area contributed by atoms with E-state index in [2.05, 4.69) is 29.4 Å². The summed E-state index contributed by atoms with van der Waals surface area (Å²) in [6.07, 6.45) is 3.07. The maximum absolute atomic E-state index is 11.8. The second-order valence-corrected chi connectivity index (χ2v) is 5.05. The van der Waals surface area contributed by atoms with E-state index >= 15 is 0 Å². The van der Waals surface area contributed by atoms with E-state index in [1.165, 1.54) is 12.8 Å². The summed E-state index contributed by atoms with van der Waals surface area (Å²) in [5.41, 5.74) is 0. The molecule has 7 heteroatoms. The van der Waals surface area contributed by atoms with Crippen molar-refractivity contribution in [1.29, 1.82) is 0 Å². The fourth-order valence-electron chi connectivity index (χ4n) is 2.33. The molecule has 21 heavy (non-hydrogen) atoms. The highest BCUT2D eigenvalue weighted by molar-refractivity contribution is 5.85. The smallest absolute Gasteiger partial charge is 0.250 e. The van der Waals surface area contributed by atoms with Gasteiger partial charge in [0.25, 0.3) is 0 Å². The first-order chi connectivity index (χ1) is 9.27. The van der Waals surface area contributed by atoms with Crippen LogP contribution in [-0.4, -0.2) is 62.8 Å². The van der Waals surface area contributed by atoms with Gasteiger partial charge in [-0.2, -0.15) is 0 Å². The van der Waals surface area contributed by atoms with Crippen molar-refractivity contribution in [3.63, 3.8) is 0 Å². The second kappa shape index (κ2) is 14.9. The van der Waals surface area contributed by atoms with E-state index in [0.717, 1.165) is 39.1 Å². The van der Waals surface area contributed by atoms with Crippen molar-refractivity contribution in [3.8, 4) is 0 Å². The van der Waals surface area contributed by atoms with E-state index in [1.54, 1.807) is 0 Å². The minimum Gasteiger partial charge on any atom is -0.366 e. The van der Waals surface area contributed by atoms with Crippen LogP contribution in [-0.2, 0) is 9.53 Å². The van der Waals surface area contributed by atoms with E-state index in [-0.39, 0.29) is 36.8 Å². The molecule has 0 radical (unpaired) electrons. The lowest BCUT2D eigenvalue weighted by Gasteiger charge is -2.23. The summed E-state index contributed by atoms with van der Waals surface area (Å²) >= 11 is 0. The van der Waals surface area contributed by atoms with Crippen molar-refractivity contribution in [2.24, 2.45) is 0 Å². The van der Waals surface area contributed by atoms with Gasteiger partial charge in [-0.25, -0.2) is 0 Å². The van der Waals surface area contributed by atoms with Gasteiger partial charge in [-0.3, -0.25) is 4.79 Å². The minimum atomic E-state index is -0.309. The zero-order valence-corrected chi connectivity index (χ0v) is 14.9. The second-order valence-electron chi connectivity index (χ2n) is 5.05. The van der Waals surface area contributed by atoms with Gasteiger partial charge >= 0.3 is 0 Å². The molecule has 5 nitrogen and oxygen atoms in total. The summed E-state index contributed by atoms with van der Waals surface area (Å²) in [6.45, 7) is 10.6. The zero-order valence-electron chi connectivity index (χ0n) is 13.2. The molecule has 1 rings (SSSR count). The van der Waals surface area contributed by atoms with Gasteiger partial charge in [0, 0.05) is 19.6 Å². The predicted octanol–water partition coefficient (Wildman–Crippen LogP) is 1.45. The summed E-state index contributed by atoms with van der Waals surface area (Å²) in [7, 11) is 0. The Morgan fingerprint density at radius 1 is 1.24 bits per heavy atom. The maximum atomic E-state index is 11.8. The molecule has 0 aromatic rings. The van der Waals surface area contributed by atoms with E-state index in [0.29, 0.717) is 13.2 Å². The normalized spacial score (nSPS) is 17.8. The number of halogens is 2. The van der Waals surface area contributed by atoms with Crippen LogP contribution in [0.25, 0.3) is 0 Å². The largest absolute Gasteiger partial charge is 0.366 e. The summed E-state index contributed by atoms with van der Waals surface area (Å²) in [5.74, 6) is 0.0183. The number of carbonyl (C=O) groups is 1. The van der Waals surface area contributed by atoms with Gasteiger partial charge in [0.1, 0.15) is 6.10 Å². The highest BCUT2D eigenvalue weighted by Crippen LogP contribution is 1.98. The Labute approximate surface area is 141 Å². The summed E-state index contributed by atoms with van der Waals surface area (Å²) in [4.78, 5) is 14.3. The third kappa shape index (κ3) is 10.3. The molecule has 128 valence electrons. The first-order valence-electron chi connectivity index (χ1n) is 7.60. The van der Waals surface area contributed by atoms with E-state index < -0.39 is 0 Å². The Morgan fingerprint density at radius 2 is 1.90 bits per heavy atom. The molecule has 1 amide bonds. The molecule has 1 fully saturated rings. The van der Waals surface area contributed by atoms with Crippen LogP contribution in [0.4, 0.5) is 0 Å². The molecule has 1 atom stereocenters. The van der Waals surface area contributed by atoms with Crippen molar-refractivity contribution in [2.45, 2.75) is 39.2 Å². The SMILES string of the molecule is CCCN(CCC)CCCNC(=O)C1CNCCO1.Cl.Cl. The topological polar surface area (TPSA) is 53.6 Å². The van der Waals surface area contributed by atoms with Crippen LogP contribution in [0.5, 0.6) is 0 Å². The van der Waals surface area contributed by atoms with E-state index in [1.807, 2.05) is 0 Å². The highest BCUT2D eigenvalue weighted by atomic mass is 35.5. The van der Waals surface area contributed by atoms with Gasteiger partial charge in [-0.1, -0.05) is 13.8 Å². The summed E-state index contributed by atoms with van der Waals surface area (Å²) < 4.78 is 5.41. The Kier molecular flexibility index (Phi) is 16.4. The lowest BCUT2D eigenvalue weighted by Crippen LogP contribution is -2.48. The third-order valence-electron chi connectivity index (χ3n) is 3.25. The van der Waals surface area contributed by atoms with E-state index in [9.17, 15) is 4.79 Å². The number of hydrogen-bond donors (Lipinski definition) is 2. The number of nitrogens with one attached hydrogen (secondary N) is 2. The van der Waals surface area contributed by atoms with Gasteiger partial charge in [-0.05, 0) is 38.9 Å². The molecule has 0 saturated carbocycles. The fraction of sp³-hybridized carbons (Fsp3) is 0.929. The molecular weight excluding hydrogens is 313 g/mol. The molecule has 1 aliphatic rings. The fourth-order valence-corrected chi connectivity index (χ4v) is 2.33. The lowest BCUT2D eigenvalue weighted by molar-refractivity contribution is -0.134. The molecule has 0 bridgehead atoms. The van der Waals surface area contributed by atoms with Gasteiger partial charge in [0.05, 0.1) is 6.61 Å². The number of nitrogens with zero attached hydrogens (tertiary/aromatic N) is 1. The lowest BCUT2D eigenvalue weighted by atomic mass is 10.2. The third-order valence-corrected chi connectivity index (χ3v) is 3.25. The van der Waals surface area contributed by atoms with Crippen molar-refractivity contribution in [2.75, 3.05) is 45.9 Å². The quantitative estimate of drug-likeness (QED) is 0.622. The van der Waals surface area contributed by atoms with Crippen LogP contribution in [0.15, 0.2) is 0 Å². The van der Waals surface area contributed by atoms with Crippen molar-refractivity contribution in [1.82, 2.24) is 15.5 Å². The van der Waals surface area contributed by atoms with Crippen LogP contribution >= 0.6 is 24.8 Å². The van der Waals surface area contributed by atoms with Gasteiger partial charge in [-0.15, -0.1) is 24.8 Å². The van der Waals surface area contributed by atoms with E-state index in [4.69, 9.17) is 4.74 Å². The number of carbonyl (C=O) groups excluding carboxylic acids is 1. The van der Waals surface area contributed by atoms with Crippen LogP contribution in [0.2, 0.25) is 0 Å². The van der Waals surface area contributed by atoms with Gasteiger partial charge in [0.15, 0.2) is 0 Å². The minimum absolute atomic E-state index is 0. The Balaban J connectivity index is 0. The molecule has 0 aromatic carbocycles. The standard InChI is InChI=1S/C14H29N3O2.2ClH/c1-3-8-17(9-4-2)10-5-6-16-14(18)13-12-15-7-11-19-13;;/h13,15H,3-12H2,1-2H3,(H,16,18);2*1H. The molecule has 0 aliphatic carbocycles. The van der Waals surface area contributed by atoms with Crippen LogP contribution < -0.4 is 10.6 Å². The Hall–Kier alpha value is -0.0700. The van der Waals surface area contributed by atoms with Crippen molar-refractivity contribution < 1.29 is 9.53 Å². The molecule has 1 unspecified atom stereocenters. The average molecular weight is 344 g/mol. The van der Waals surface area contributed by atoms with Gasteiger partial charge < -0.3 is 20.3 Å². The molecule has 1 heterocycles. The molecule has 2 N–H and O–H groups in total. The van der Waals surface area contributed by atoms with Crippen LogP contribution in [0.3, 0.4) is 0 Å². The first kappa shape index (κ1) is 23.2. The van der Waals surface area contributed by atoms with Crippen LogP contribution in [0.1, 0.15) is 33.1 Å². The molecule has 0 aromatic heterocycles. The molecule has 1 aliphatic heterocycles. The maximum Gasteiger partial charge on any atom is 0.250 e. The number of rotatable bonds is 9. The monoisotopic (exact) mass is 343 g/mol. The van der Waals surface area contributed by atoms with Crippen LogP contribution in [0, 0.1) is 0 Å². The number of hydrogen-bond acceptors (Lipinski definition) is 4. The molecular formula is C14H31Cl2N3O2. The number of ether oxygens (including phenoxy) is 1. The van der Waals surface area contributed by atoms with Crippen molar-refractivity contribution in [3.05, 3.63) is 0 Å². The predicted molar refractivity (Wildman–Crippen MR) is 91.8 cm³/mol. The number of amides is 1. The summed E-state index contributed by atoms with van der Waals surface area (Å²) in [6, 6.07) is 0. The zero-order chi connectivity index (χ0) is 13.9. The summed E-state index contributed by atoms with van der Waals surface area (Å²) in [5, 5.41) is 6.13.